The Labute approximate surface area is 138 Å². The Morgan fingerprint density at radius 1 is 1.35 bits per heavy atom. The van der Waals surface area contributed by atoms with E-state index in [2.05, 4.69) is 32.2 Å². The van der Waals surface area contributed by atoms with Crippen LogP contribution in [-0.4, -0.2) is 68.3 Å². The highest BCUT2D eigenvalue weighted by Gasteiger charge is 2.25. The first-order valence-electron chi connectivity index (χ1n) is 8.30. The third-order valence-corrected chi connectivity index (χ3v) is 4.29. The minimum Gasteiger partial charge on any atom is -0.385 e. The maximum atomic E-state index is 12.2. The van der Waals surface area contributed by atoms with E-state index in [0.717, 1.165) is 38.4 Å². The summed E-state index contributed by atoms with van der Waals surface area (Å²) in [4.78, 5) is 21.2. The molecule has 1 N–H and O–H groups in total. The van der Waals surface area contributed by atoms with Gasteiger partial charge in [0.25, 0.3) is 0 Å². The second kappa shape index (κ2) is 8.84. The summed E-state index contributed by atoms with van der Waals surface area (Å²) in [5.74, 6) is 1.12. The zero-order chi connectivity index (χ0) is 16.7. The molecule has 0 spiro atoms. The standard InChI is InChI=1S/C17H28N4O2/c1-14-5-6-16(19-13-14)21-10-8-20(9-11-21)15(2)17(22)18-7-4-12-23-3/h5-6,13,15H,4,7-12H2,1-3H3,(H,18,22)/t15-/m0/s1. The summed E-state index contributed by atoms with van der Waals surface area (Å²) in [5.41, 5.74) is 1.17. The number of nitrogens with zero attached hydrogens (tertiary/aromatic N) is 3. The van der Waals surface area contributed by atoms with Crippen molar-refractivity contribution in [2.45, 2.75) is 26.3 Å². The fourth-order valence-corrected chi connectivity index (χ4v) is 2.73. The lowest BCUT2D eigenvalue weighted by Gasteiger charge is -2.38. The molecular weight excluding hydrogens is 292 g/mol. The average Bonchev–Trinajstić information content (AvgIpc) is 2.59. The number of hydrogen-bond donors (Lipinski definition) is 1. The number of aryl methyl sites for hydroxylation is 1. The number of aromatic nitrogens is 1. The van der Waals surface area contributed by atoms with Crippen LogP contribution in [0.1, 0.15) is 18.9 Å². The van der Waals surface area contributed by atoms with Gasteiger partial charge in [-0.25, -0.2) is 4.98 Å². The molecule has 6 nitrogen and oxygen atoms in total. The Morgan fingerprint density at radius 3 is 2.70 bits per heavy atom. The van der Waals surface area contributed by atoms with E-state index in [1.807, 2.05) is 20.0 Å². The van der Waals surface area contributed by atoms with Crippen molar-refractivity contribution in [2.75, 3.05) is 51.3 Å². The Morgan fingerprint density at radius 2 is 2.09 bits per heavy atom. The Balaban J connectivity index is 1.76. The summed E-state index contributed by atoms with van der Waals surface area (Å²) in [7, 11) is 1.67. The predicted octanol–water partition coefficient (Wildman–Crippen LogP) is 1.05. The Kier molecular flexibility index (Phi) is 6.80. The fraction of sp³-hybridized carbons (Fsp3) is 0.647. The van der Waals surface area contributed by atoms with Crippen LogP contribution in [0.25, 0.3) is 0 Å². The molecule has 1 saturated heterocycles. The van der Waals surface area contributed by atoms with Crippen molar-refractivity contribution in [1.29, 1.82) is 0 Å². The second-order valence-electron chi connectivity index (χ2n) is 6.03. The van der Waals surface area contributed by atoms with Crippen LogP contribution in [-0.2, 0) is 9.53 Å². The maximum Gasteiger partial charge on any atom is 0.237 e. The first-order chi connectivity index (χ1) is 11.1. The normalized spacial score (nSPS) is 17.1. The van der Waals surface area contributed by atoms with Crippen molar-refractivity contribution in [3.05, 3.63) is 23.9 Å². The highest BCUT2D eigenvalue weighted by molar-refractivity contribution is 5.81. The topological polar surface area (TPSA) is 57.7 Å². The van der Waals surface area contributed by atoms with Gasteiger partial charge in [0.2, 0.25) is 5.91 Å². The minimum atomic E-state index is -0.0920. The number of piperazine rings is 1. The lowest BCUT2D eigenvalue weighted by Crippen LogP contribution is -2.54. The molecule has 0 bridgehead atoms. The first kappa shape index (κ1) is 17.7. The van der Waals surface area contributed by atoms with Gasteiger partial charge in [-0.3, -0.25) is 9.69 Å². The van der Waals surface area contributed by atoms with E-state index in [4.69, 9.17) is 4.74 Å². The molecule has 1 atom stereocenters. The lowest BCUT2D eigenvalue weighted by atomic mass is 10.2. The monoisotopic (exact) mass is 320 g/mol. The zero-order valence-corrected chi connectivity index (χ0v) is 14.4. The molecule has 1 amide bonds. The first-order valence-corrected chi connectivity index (χ1v) is 8.30. The number of nitrogens with one attached hydrogen (secondary N) is 1. The Bertz CT molecular complexity index is 484. The molecule has 1 aliphatic heterocycles. The molecule has 1 fully saturated rings. The van der Waals surface area contributed by atoms with Gasteiger partial charge in [-0.2, -0.15) is 0 Å². The summed E-state index contributed by atoms with van der Waals surface area (Å²) in [6, 6.07) is 4.06. The van der Waals surface area contributed by atoms with E-state index >= 15 is 0 Å². The van der Waals surface area contributed by atoms with Crippen LogP contribution in [0.4, 0.5) is 5.82 Å². The lowest BCUT2D eigenvalue weighted by molar-refractivity contribution is -0.126. The number of pyridine rings is 1. The number of ether oxygens (including phenoxy) is 1. The van der Waals surface area contributed by atoms with Gasteiger partial charge in [0.1, 0.15) is 5.82 Å². The van der Waals surface area contributed by atoms with Crippen LogP contribution in [0, 0.1) is 6.92 Å². The van der Waals surface area contributed by atoms with Gasteiger partial charge in [-0.15, -0.1) is 0 Å². The van der Waals surface area contributed by atoms with Gasteiger partial charge in [0, 0.05) is 52.6 Å². The average molecular weight is 320 g/mol. The molecule has 0 aromatic carbocycles. The van der Waals surface area contributed by atoms with Gasteiger partial charge in [0.05, 0.1) is 6.04 Å². The molecule has 23 heavy (non-hydrogen) atoms. The molecule has 1 aromatic rings. The van der Waals surface area contributed by atoms with Crippen molar-refractivity contribution in [3.63, 3.8) is 0 Å². The SMILES string of the molecule is COCCCNC(=O)[C@H](C)N1CCN(c2ccc(C)cn2)CC1. The van der Waals surface area contributed by atoms with E-state index in [-0.39, 0.29) is 11.9 Å². The highest BCUT2D eigenvalue weighted by Crippen LogP contribution is 2.15. The summed E-state index contributed by atoms with van der Waals surface area (Å²) in [6.07, 6.45) is 2.75. The third-order valence-electron chi connectivity index (χ3n) is 4.29. The number of rotatable bonds is 7. The molecule has 0 aliphatic carbocycles. The molecule has 1 aromatic heterocycles. The summed E-state index contributed by atoms with van der Waals surface area (Å²) >= 11 is 0. The van der Waals surface area contributed by atoms with Gasteiger partial charge in [-0.05, 0) is 31.9 Å². The molecular formula is C17H28N4O2. The maximum absolute atomic E-state index is 12.2. The minimum absolute atomic E-state index is 0.0920. The number of methoxy groups -OCH3 is 1. The van der Waals surface area contributed by atoms with E-state index in [9.17, 15) is 4.79 Å². The molecule has 6 heteroatoms. The molecule has 2 rings (SSSR count). The molecule has 2 heterocycles. The molecule has 0 saturated carbocycles. The summed E-state index contributed by atoms with van der Waals surface area (Å²) in [6.45, 7) is 8.92. The van der Waals surface area contributed by atoms with E-state index in [1.54, 1.807) is 7.11 Å². The predicted molar refractivity (Wildman–Crippen MR) is 91.7 cm³/mol. The van der Waals surface area contributed by atoms with Crippen LogP contribution in [0.2, 0.25) is 0 Å². The molecule has 128 valence electrons. The largest absolute Gasteiger partial charge is 0.385 e. The third kappa shape index (κ3) is 5.18. The van der Waals surface area contributed by atoms with Gasteiger partial charge >= 0.3 is 0 Å². The van der Waals surface area contributed by atoms with Crippen LogP contribution in [0.5, 0.6) is 0 Å². The molecule has 0 unspecified atom stereocenters. The molecule has 0 radical (unpaired) electrons. The van der Waals surface area contributed by atoms with E-state index in [1.165, 1.54) is 5.56 Å². The number of hydrogen-bond acceptors (Lipinski definition) is 5. The molecule has 1 aliphatic rings. The summed E-state index contributed by atoms with van der Waals surface area (Å²) < 4.78 is 4.99. The van der Waals surface area contributed by atoms with Crippen molar-refractivity contribution in [3.8, 4) is 0 Å². The van der Waals surface area contributed by atoms with E-state index < -0.39 is 0 Å². The quantitative estimate of drug-likeness (QED) is 0.761. The number of anilines is 1. The van der Waals surface area contributed by atoms with Crippen molar-refractivity contribution in [2.24, 2.45) is 0 Å². The Hall–Kier alpha value is -1.66. The van der Waals surface area contributed by atoms with Gasteiger partial charge in [0.15, 0.2) is 0 Å². The fourth-order valence-electron chi connectivity index (χ4n) is 2.73. The van der Waals surface area contributed by atoms with Crippen molar-refractivity contribution in [1.82, 2.24) is 15.2 Å². The van der Waals surface area contributed by atoms with Crippen molar-refractivity contribution >= 4 is 11.7 Å². The van der Waals surface area contributed by atoms with Crippen molar-refractivity contribution < 1.29 is 9.53 Å². The smallest absolute Gasteiger partial charge is 0.237 e. The highest BCUT2D eigenvalue weighted by atomic mass is 16.5. The second-order valence-corrected chi connectivity index (χ2v) is 6.03. The summed E-state index contributed by atoms with van der Waals surface area (Å²) in [5, 5.41) is 2.98. The van der Waals surface area contributed by atoms with Gasteiger partial charge < -0.3 is 15.0 Å². The van der Waals surface area contributed by atoms with Gasteiger partial charge in [-0.1, -0.05) is 6.07 Å². The van der Waals surface area contributed by atoms with Crippen LogP contribution < -0.4 is 10.2 Å². The van der Waals surface area contributed by atoms with Crippen LogP contribution >= 0.6 is 0 Å². The zero-order valence-electron chi connectivity index (χ0n) is 14.4. The van der Waals surface area contributed by atoms with E-state index in [0.29, 0.717) is 13.2 Å². The van der Waals surface area contributed by atoms with Crippen LogP contribution in [0.3, 0.4) is 0 Å². The van der Waals surface area contributed by atoms with Crippen LogP contribution in [0.15, 0.2) is 18.3 Å². The number of amides is 1. The number of carbonyl (C=O) groups excluding carboxylic acids is 1. The number of carbonyl (C=O) groups is 1.